The lowest BCUT2D eigenvalue weighted by atomic mass is 9.89. The van der Waals surface area contributed by atoms with Gasteiger partial charge in [-0.15, -0.1) is 0 Å². The highest BCUT2D eigenvalue weighted by atomic mass is 35.5. The van der Waals surface area contributed by atoms with E-state index in [1.54, 1.807) is 6.07 Å². The van der Waals surface area contributed by atoms with Crippen molar-refractivity contribution in [3.05, 3.63) is 58.6 Å². The van der Waals surface area contributed by atoms with Gasteiger partial charge in [0.2, 0.25) is 0 Å². The molecule has 2 atom stereocenters. The fraction of sp³-hybridized carbons (Fsp3) is 0.261. The van der Waals surface area contributed by atoms with E-state index in [4.69, 9.17) is 21.4 Å². The summed E-state index contributed by atoms with van der Waals surface area (Å²) in [6.07, 6.45) is -1.60. The summed E-state index contributed by atoms with van der Waals surface area (Å²) in [6, 6.07) is 8.80. The Bertz CT molecular complexity index is 1190. The third-order valence-corrected chi connectivity index (χ3v) is 6.06. The van der Waals surface area contributed by atoms with E-state index in [0.717, 1.165) is 4.90 Å². The van der Waals surface area contributed by atoms with Crippen molar-refractivity contribution in [2.75, 3.05) is 23.3 Å². The molecule has 2 heterocycles. The Morgan fingerprint density at radius 2 is 1.97 bits per heavy atom. The Hall–Kier alpha value is -3.96. The number of fused-ring (bicyclic) bond motifs is 2. The van der Waals surface area contributed by atoms with E-state index in [1.165, 1.54) is 36.4 Å². The Balaban J connectivity index is 1.60. The number of nitrogens with zero attached hydrogens (tertiary/aromatic N) is 1. The fourth-order valence-electron chi connectivity index (χ4n) is 4.17. The topological polar surface area (TPSA) is 154 Å². The third kappa shape index (κ3) is 4.81. The van der Waals surface area contributed by atoms with Crippen molar-refractivity contribution in [3.8, 4) is 0 Å². The second-order valence-corrected chi connectivity index (χ2v) is 8.50. The quantitative estimate of drug-likeness (QED) is 0.441. The average Bonchev–Trinajstić information content (AvgIpc) is 3.28. The number of imide groups is 1. The van der Waals surface area contributed by atoms with Crippen LogP contribution in [-0.2, 0) is 19.9 Å². The van der Waals surface area contributed by atoms with Gasteiger partial charge in [-0.1, -0.05) is 11.6 Å². The second-order valence-electron chi connectivity index (χ2n) is 8.06. The Kier molecular flexibility index (Phi) is 6.72. The van der Waals surface area contributed by atoms with Crippen molar-refractivity contribution in [2.24, 2.45) is 0 Å². The SMILES string of the molecule is O=CC[C@H](NC(=O)c1ccc(NC(=O)O)cc1)C(=O)N1C(=O)O[C@]2(CCNC2)c2cc(Cl)ccc21. The number of carbonyl (C=O) groups is 5. The van der Waals surface area contributed by atoms with Gasteiger partial charge in [0, 0.05) is 41.2 Å². The minimum absolute atomic E-state index is 0.119. The summed E-state index contributed by atoms with van der Waals surface area (Å²) >= 11 is 6.19. The number of aldehydes is 1. The molecule has 4 rings (SSSR count). The minimum Gasteiger partial charge on any atom is -0.465 e. The molecule has 2 aromatic carbocycles. The molecule has 182 valence electrons. The molecular formula is C23H21ClN4O7. The molecule has 2 aliphatic rings. The van der Waals surface area contributed by atoms with E-state index in [0.29, 0.717) is 36.4 Å². The molecule has 1 fully saturated rings. The predicted octanol–water partition coefficient (Wildman–Crippen LogP) is 2.49. The van der Waals surface area contributed by atoms with Crippen molar-refractivity contribution in [2.45, 2.75) is 24.5 Å². The van der Waals surface area contributed by atoms with Gasteiger partial charge in [0.05, 0.1) is 5.69 Å². The highest BCUT2D eigenvalue weighted by molar-refractivity contribution is 6.31. The number of hydrogen-bond donors (Lipinski definition) is 4. The number of carbonyl (C=O) groups excluding carboxylic acids is 4. The minimum atomic E-state index is -1.36. The smallest absolute Gasteiger partial charge is 0.422 e. The molecule has 11 nitrogen and oxygen atoms in total. The molecule has 2 aliphatic heterocycles. The summed E-state index contributed by atoms with van der Waals surface area (Å²) in [5.41, 5.74) is 0.225. The fourth-order valence-corrected chi connectivity index (χ4v) is 4.34. The average molecular weight is 501 g/mol. The number of amides is 4. The summed E-state index contributed by atoms with van der Waals surface area (Å²) in [4.78, 5) is 62.0. The van der Waals surface area contributed by atoms with Crippen LogP contribution in [0.15, 0.2) is 42.5 Å². The first-order chi connectivity index (χ1) is 16.7. The lowest BCUT2D eigenvalue weighted by Crippen LogP contribution is -2.55. The molecule has 12 heteroatoms. The lowest BCUT2D eigenvalue weighted by Gasteiger charge is -2.40. The van der Waals surface area contributed by atoms with Gasteiger partial charge in [0.1, 0.15) is 12.3 Å². The molecule has 35 heavy (non-hydrogen) atoms. The number of benzene rings is 2. The monoisotopic (exact) mass is 500 g/mol. The standard InChI is InChI=1S/C23H21ClN4O7/c24-14-3-6-18-16(11-14)23(8-9-25-12-23)35-22(34)28(18)20(31)17(7-10-29)27-19(30)13-1-4-15(5-2-13)26-21(32)33/h1-6,10-11,17,25-26H,7-9,12H2,(H,27,30)(H,32,33)/t17-,23-/m0/s1. The Labute approximate surface area is 204 Å². The maximum Gasteiger partial charge on any atom is 0.422 e. The van der Waals surface area contributed by atoms with Gasteiger partial charge in [0.15, 0.2) is 5.60 Å². The highest BCUT2D eigenvalue weighted by Gasteiger charge is 2.49. The van der Waals surface area contributed by atoms with Crippen LogP contribution in [0.3, 0.4) is 0 Å². The van der Waals surface area contributed by atoms with Gasteiger partial charge in [-0.3, -0.25) is 14.9 Å². The van der Waals surface area contributed by atoms with Crippen molar-refractivity contribution < 1.29 is 33.8 Å². The van der Waals surface area contributed by atoms with Crippen LogP contribution in [0.2, 0.25) is 5.02 Å². The first kappa shape index (κ1) is 24.2. The van der Waals surface area contributed by atoms with Crippen LogP contribution >= 0.6 is 11.6 Å². The van der Waals surface area contributed by atoms with Crippen molar-refractivity contribution in [3.63, 3.8) is 0 Å². The number of hydrogen-bond acceptors (Lipinski definition) is 7. The van der Waals surface area contributed by atoms with Crippen LogP contribution < -0.4 is 20.9 Å². The molecular weight excluding hydrogens is 480 g/mol. The zero-order valence-corrected chi connectivity index (χ0v) is 19.0. The maximum absolute atomic E-state index is 13.4. The molecule has 1 saturated heterocycles. The number of halogens is 1. The number of anilines is 2. The zero-order chi connectivity index (χ0) is 25.2. The molecule has 0 aromatic heterocycles. The van der Waals surface area contributed by atoms with Gasteiger partial charge in [-0.05, 0) is 49.0 Å². The summed E-state index contributed by atoms with van der Waals surface area (Å²) in [5, 5.41) is 16.9. The molecule has 0 bridgehead atoms. The Morgan fingerprint density at radius 3 is 2.60 bits per heavy atom. The van der Waals surface area contributed by atoms with Crippen molar-refractivity contribution >= 4 is 53.3 Å². The number of ether oxygens (including phenoxy) is 1. The molecule has 0 unspecified atom stereocenters. The van der Waals surface area contributed by atoms with Crippen molar-refractivity contribution in [1.82, 2.24) is 10.6 Å². The first-order valence-corrected chi connectivity index (χ1v) is 11.0. The highest BCUT2D eigenvalue weighted by Crippen LogP contribution is 2.44. The molecule has 4 N–H and O–H groups in total. The van der Waals surface area contributed by atoms with E-state index in [-0.39, 0.29) is 23.4 Å². The Morgan fingerprint density at radius 1 is 1.23 bits per heavy atom. The number of rotatable bonds is 6. The number of nitrogens with one attached hydrogen (secondary N) is 3. The normalized spacial score (nSPS) is 19.5. The van der Waals surface area contributed by atoms with Crippen LogP contribution in [0, 0.1) is 0 Å². The van der Waals surface area contributed by atoms with E-state index in [9.17, 15) is 24.0 Å². The van der Waals surface area contributed by atoms with E-state index in [1.807, 2.05) is 0 Å². The van der Waals surface area contributed by atoms with Crippen LogP contribution in [0.5, 0.6) is 0 Å². The van der Waals surface area contributed by atoms with Gasteiger partial charge < -0.3 is 25.3 Å². The van der Waals surface area contributed by atoms with E-state index >= 15 is 0 Å². The third-order valence-electron chi connectivity index (χ3n) is 5.83. The van der Waals surface area contributed by atoms with Gasteiger partial charge in [0.25, 0.3) is 11.8 Å². The van der Waals surface area contributed by atoms with Crippen LogP contribution in [-0.4, -0.2) is 54.5 Å². The van der Waals surface area contributed by atoms with Crippen LogP contribution in [0.25, 0.3) is 0 Å². The molecule has 0 saturated carbocycles. The lowest BCUT2D eigenvalue weighted by molar-refractivity contribution is -0.122. The largest absolute Gasteiger partial charge is 0.465 e. The summed E-state index contributed by atoms with van der Waals surface area (Å²) in [7, 11) is 0. The van der Waals surface area contributed by atoms with Crippen LogP contribution in [0.4, 0.5) is 21.0 Å². The molecule has 4 amide bonds. The molecule has 2 aromatic rings. The van der Waals surface area contributed by atoms with Crippen molar-refractivity contribution in [1.29, 1.82) is 0 Å². The summed E-state index contributed by atoms with van der Waals surface area (Å²) in [6.45, 7) is 0.965. The van der Waals surface area contributed by atoms with Gasteiger partial charge >= 0.3 is 12.2 Å². The molecule has 0 radical (unpaired) electrons. The maximum atomic E-state index is 13.4. The van der Waals surface area contributed by atoms with Gasteiger partial charge in [-0.25, -0.2) is 14.5 Å². The van der Waals surface area contributed by atoms with E-state index < -0.39 is 35.6 Å². The number of carboxylic acid groups (broad SMARTS) is 1. The van der Waals surface area contributed by atoms with E-state index in [2.05, 4.69) is 16.0 Å². The molecule has 1 spiro atoms. The summed E-state index contributed by atoms with van der Waals surface area (Å²) in [5.74, 6) is -1.53. The van der Waals surface area contributed by atoms with Crippen LogP contribution in [0.1, 0.15) is 28.8 Å². The molecule has 0 aliphatic carbocycles. The predicted molar refractivity (Wildman–Crippen MR) is 125 cm³/mol. The second kappa shape index (κ2) is 9.72. The summed E-state index contributed by atoms with van der Waals surface area (Å²) < 4.78 is 5.70. The first-order valence-electron chi connectivity index (χ1n) is 10.7. The van der Waals surface area contributed by atoms with Gasteiger partial charge in [-0.2, -0.15) is 0 Å². The zero-order valence-electron chi connectivity index (χ0n) is 18.2.